The molecule has 2 bridgehead atoms. The molecule has 2 aliphatic rings. The maximum Gasteiger partial charge on any atom is 0.236 e. The van der Waals surface area contributed by atoms with Gasteiger partial charge >= 0.3 is 0 Å². The van der Waals surface area contributed by atoms with Gasteiger partial charge in [0.2, 0.25) is 5.91 Å². The van der Waals surface area contributed by atoms with Gasteiger partial charge in [0.1, 0.15) is 12.1 Å². The van der Waals surface area contributed by atoms with Crippen molar-refractivity contribution in [2.24, 2.45) is 5.92 Å². The van der Waals surface area contributed by atoms with Gasteiger partial charge in [-0.1, -0.05) is 27.7 Å². The summed E-state index contributed by atoms with van der Waals surface area (Å²) in [5.41, 5.74) is 8.77. The second kappa shape index (κ2) is 9.62. The Bertz CT molecular complexity index is 1550. The third-order valence-corrected chi connectivity index (χ3v) is 9.09. The minimum Gasteiger partial charge on any atom is -0.353 e. The zero-order chi connectivity index (χ0) is 27.6. The normalized spacial score (nSPS) is 21.3. The highest BCUT2D eigenvalue weighted by Gasteiger charge is 2.46. The maximum atomic E-state index is 13.0. The second-order valence-corrected chi connectivity index (χ2v) is 11.9. The Labute approximate surface area is 230 Å². The van der Waals surface area contributed by atoms with Crippen LogP contribution in [0, 0.1) is 19.8 Å². The first kappa shape index (κ1) is 25.8. The van der Waals surface area contributed by atoms with Crippen molar-refractivity contribution in [2.75, 3.05) is 38.1 Å². The fraction of sp³-hybridized carbons (Fsp3) is 0.533. The van der Waals surface area contributed by atoms with Crippen molar-refractivity contribution < 1.29 is 4.79 Å². The molecule has 4 aromatic heterocycles. The molecule has 9 nitrogen and oxygen atoms in total. The summed E-state index contributed by atoms with van der Waals surface area (Å²) >= 11 is 0. The van der Waals surface area contributed by atoms with Gasteiger partial charge in [-0.3, -0.25) is 9.69 Å². The van der Waals surface area contributed by atoms with Gasteiger partial charge in [0.25, 0.3) is 0 Å². The van der Waals surface area contributed by atoms with Crippen LogP contribution in [0.3, 0.4) is 0 Å². The largest absolute Gasteiger partial charge is 0.353 e. The smallest absolute Gasteiger partial charge is 0.236 e. The lowest BCUT2D eigenvalue weighted by Crippen LogP contribution is -2.57. The standard InChI is InChI=1S/C30H40N8O/c1-8-35(7)15-26(39)36-12-21-11-18(4)24(14-36)38(21)25-10-9-23-29(34-25)27(17(2)3)28(33-23)22-13-37-30(31-16-32-37)20(6)19(22)5/h9-10,13,16-18,21,24,33H,8,11-12,14-15H2,1-7H3/t18-,21+,24+/m0/s1. The molecular weight excluding hydrogens is 488 g/mol. The van der Waals surface area contributed by atoms with Gasteiger partial charge in [0.15, 0.2) is 5.65 Å². The topological polar surface area (TPSA) is 85.7 Å². The third-order valence-electron chi connectivity index (χ3n) is 9.09. The lowest BCUT2D eigenvalue weighted by molar-refractivity contribution is -0.133. The van der Waals surface area contributed by atoms with Crippen molar-refractivity contribution in [3.05, 3.63) is 41.3 Å². The highest BCUT2D eigenvalue weighted by atomic mass is 16.2. The summed E-state index contributed by atoms with van der Waals surface area (Å²) in [6.07, 6.45) is 4.78. The number of likely N-dealkylation sites (tertiary alicyclic amines) is 1. The number of aryl methyl sites for hydroxylation is 1. The van der Waals surface area contributed by atoms with Crippen LogP contribution in [0.5, 0.6) is 0 Å². The number of carbonyl (C=O) groups excluding carboxylic acids is 1. The highest BCUT2D eigenvalue weighted by molar-refractivity contribution is 5.90. The quantitative estimate of drug-likeness (QED) is 0.400. The van der Waals surface area contributed by atoms with E-state index in [0.717, 1.165) is 65.4 Å². The van der Waals surface area contributed by atoms with E-state index < -0.39 is 0 Å². The van der Waals surface area contributed by atoms with Crippen molar-refractivity contribution in [3.8, 4) is 11.3 Å². The lowest BCUT2D eigenvalue weighted by atomic mass is 9.95. The molecule has 0 radical (unpaired) electrons. The molecule has 0 saturated carbocycles. The summed E-state index contributed by atoms with van der Waals surface area (Å²) in [4.78, 5) is 33.2. The number of nitrogens with zero attached hydrogens (tertiary/aromatic N) is 7. The summed E-state index contributed by atoms with van der Waals surface area (Å²) in [5.74, 6) is 2.05. The van der Waals surface area contributed by atoms with Crippen LogP contribution in [-0.4, -0.2) is 85.6 Å². The van der Waals surface area contributed by atoms with Crippen molar-refractivity contribution in [3.63, 3.8) is 0 Å². The van der Waals surface area contributed by atoms with Gasteiger partial charge in [-0.2, -0.15) is 5.10 Å². The first-order valence-electron chi connectivity index (χ1n) is 14.2. The van der Waals surface area contributed by atoms with Crippen LogP contribution in [0.1, 0.15) is 56.7 Å². The second-order valence-electron chi connectivity index (χ2n) is 11.9. The number of carbonyl (C=O) groups is 1. The number of H-pyrrole nitrogens is 1. The Morgan fingerprint density at radius 1 is 1.21 bits per heavy atom. The first-order valence-corrected chi connectivity index (χ1v) is 14.2. The fourth-order valence-corrected chi connectivity index (χ4v) is 6.68. The number of likely N-dealkylation sites (N-methyl/N-ethyl adjacent to an activating group) is 1. The summed E-state index contributed by atoms with van der Waals surface area (Å²) in [6, 6.07) is 4.91. The lowest BCUT2D eigenvalue weighted by Gasteiger charge is -2.42. The predicted octanol–water partition coefficient (Wildman–Crippen LogP) is 4.39. The molecule has 6 heterocycles. The van der Waals surface area contributed by atoms with Gasteiger partial charge < -0.3 is 14.8 Å². The number of aromatic nitrogens is 5. The Hall–Kier alpha value is -3.46. The van der Waals surface area contributed by atoms with E-state index in [1.54, 1.807) is 6.33 Å². The summed E-state index contributed by atoms with van der Waals surface area (Å²) in [7, 11) is 2.01. The van der Waals surface area contributed by atoms with Gasteiger partial charge in [-0.05, 0) is 69.0 Å². The number of aromatic amines is 1. The third kappa shape index (κ3) is 4.18. The van der Waals surface area contributed by atoms with Gasteiger partial charge in [0, 0.05) is 36.5 Å². The van der Waals surface area contributed by atoms with Crippen LogP contribution in [-0.2, 0) is 4.79 Å². The Morgan fingerprint density at radius 2 is 2.00 bits per heavy atom. The molecule has 1 amide bonds. The van der Waals surface area contributed by atoms with E-state index in [4.69, 9.17) is 4.98 Å². The Kier molecular flexibility index (Phi) is 6.37. The van der Waals surface area contributed by atoms with E-state index in [1.807, 2.05) is 11.6 Å². The average Bonchev–Trinajstić information content (AvgIpc) is 3.58. The number of pyridine rings is 2. The van der Waals surface area contributed by atoms with Crippen LogP contribution in [0.25, 0.3) is 27.9 Å². The number of hydrogen-bond acceptors (Lipinski definition) is 6. The van der Waals surface area contributed by atoms with Crippen molar-refractivity contribution in [2.45, 2.75) is 66.0 Å². The number of hydrogen-bond donors (Lipinski definition) is 1. The highest BCUT2D eigenvalue weighted by Crippen LogP contribution is 2.41. The zero-order valence-corrected chi connectivity index (χ0v) is 24.2. The van der Waals surface area contributed by atoms with E-state index in [-0.39, 0.29) is 17.9 Å². The molecule has 0 aliphatic carbocycles. The fourth-order valence-electron chi connectivity index (χ4n) is 6.68. The van der Waals surface area contributed by atoms with Crippen molar-refractivity contribution >= 4 is 28.4 Å². The van der Waals surface area contributed by atoms with Gasteiger partial charge in [-0.15, -0.1) is 0 Å². The molecule has 0 spiro atoms. The van der Waals surface area contributed by atoms with E-state index in [1.165, 1.54) is 11.1 Å². The molecule has 1 N–H and O–H groups in total. The van der Waals surface area contributed by atoms with Crippen LogP contribution in [0.2, 0.25) is 0 Å². The molecule has 6 rings (SSSR count). The Morgan fingerprint density at radius 3 is 2.72 bits per heavy atom. The average molecular weight is 529 g/mol. The van der Waals surface area contributed by atoms with E-state index >= 15 is 0 Å². The first-order chi connectivity index (χ1) is 18.7. The number of amides is 1. The molecule has 9 heteroatoms. The molecule has 0 aromatic carbocycles. The summed E-state index contributed by atoms with van der Waals surface area (Å²) in [5, 5.41) is 4.42. The Balaban J connectivity index is 1.39. The molecule has 0 unspecified atom stereocenters. The number of nitrogens with one attached hydrogen (secondary N) is 1. The van der Waals surface area contributed by atoms with Crippen LogP contribution in [0.15, 0.2) is 24.7 Å². The minimum absolute atomic E-state index is 0.235. The molecular formula is C30H40N8O. The van der Waals surface area contributed by atoms with E-state index in [9.17, 15) is 4.79 Å². The molecule has 206 valence electrons. The number of rotatable bonds is 6. The SMILES string of the molecule is CCN(C)CC(=O)N1C[C@H]2C[C@H](C)[C@@H](C1)N2c1ccc2[nH]c(-c3cn4ncnc4c(C)c3C)c(C(C)C)c2n1. The molecule has 2 fully saturated rings. The summed E-state index contributed by atoms with van der Waals surface area (Å²) < 4.78 is 1.87. The maximum absolute atomic E-state index is 13.0. The monoisotopic (exact) mass is 528 g/mol. The van der Waals surface area contributed by atoms with Crippen molar-refractivity contribution in [1.29, 1.82) is 0 Å². The zero-order valence-electron chi connectivity index (χ0n) is 24.2. The number of piperazine rings is 1. The molecule has 39 heavy (non-hydrogen) atoms. The van der Waals surface area contributed by atoms with Gasteiger partial charge in [-0.25, -0.2) is 14.5 Å². The van der Waals surface area contributed by atoms with E-state index in [0.29, 0.717) is 18.5 Å². The van der Waals surface area contributed by atoms with Gasteiger partial charge in [0.05, 0.1) is 29.3 Å². The van der Waals surface area contributed by atoms with Crippen LogP contribution in [0.4, 0.5) is 5.82 Å². The van der Waals surface area contributed by atoms with Crippen molar-refractivity contribution in [1.82, 2.24) is 34.4 Å². The minimum atomic E-state index is 0.235. The number of anilines is 1. The van der Waals surface area contributed by atoms with Crippen LogP contribution >= 0.6 is 0 Å². The number of fused-ring (bicyclic) bond motifs is 4. The molecule has 3 atom stereocenters. The van der Waals surface area contributed by atoms with E-state index in [2.05, 4.69) is 89.6 Å². The molecule has 2 saturated heterocycles. The molecule has 4 aromatic rings. The molecule has 2 aliphatic heterocycles. The predicted molar refractivity (Wildman–Crippen MR) is 155 cm³/mol. The summed E-state index contributed by atoms with van der Waals surface area (Å²) in [6.45, 7) is 16.0. The van der Waals surface area contributed by atoms with Crippen LogP contribution < -0.4 is 4.90 Å².